The van der Waals surface area contributed by atoms with Crippen LogP contribution in [0.3, 0.4) is 0 Å². The Morgan fingerprint density at radius 3 is 2.57 bits per heavy atom. The highest BCUT2D eigenvalue weighted by Gasteiger charge is 2.46. The maximum absolute atomic E-state index is 11.2. The van der Waals surface area contributed by atoms with Crippen molar-refractivity contribution >= 4 is 5.78 Å². The van der Waals surface area contributed by atoms with Crippen LogP contribution in [0.15, 0.2) is 0 Å². The maximum Gasteiger partial charge on any atom is 0.130 e. The summed E-state index contributed by atoms with van der Waals surface area (Å²) in [5.41, 5.74) is 0. The summed E-state index contributed by atoms with van der Waals surface area (Å²) in [5.74, 6) is 1.59. The molecule has 2 rings (SSSR count). The van der Waals surface area contributed by atoms with Crippen LogP contribution in [0.4, 0.5) is 0 Å². The van der Waals surface area contributed by atoms with E-state index < -0.39 is 0 Å². The molecule has 0 amide bonds. The van der Waals surface area contributed by atoms with Crippen LogP contribution >= 0.6 is 0 Å². The Balaban J connectivity index is 2.01. The minimum atomic E-state index is 0.338. The molecule has 4 unspecified atom stereocenters. The Morgan fingerprint density at radius 1 is 1.36 bits per heavy atom. The molecule has 3 nitrogen and oxygen atoms in total. The number of Topliss-reactive ketones (excluding diaryl/α,β-unsaturated/α-hetero) is 1. The second kappa shape index (κ2) is 3.99. The fourth-order valence-electron chi connectivity index (χ4n) is 3.23. The average molecular weight is 196 g/mol. The first kappa shape index (κ1) is 10.1. The van der Waals surface area contributed by atoms with Crippen LogP contribution in [-0.2, 0) is 4.79 Å². The molecular weight excluding hydrogens is 176 g/mol. The first-order valence-electron chi connectivity index (χ1n) is 5.62. The van der Waals surface area contributed by atoms with Gasteiger partial charge in [0.05, 0.1) is 0 Å². The van der Waals surface area contributed by atoms with Gasteiger partial charge in [-0.15, -0.1) is 0 Å². The first-order valence-corrected chi connectivity index (χ1v) is 5.62. The van der Waals surface area contributed by atoms with Gasteiger partial charge in [-0.25, -0.2) is 0 Å². The van der Waals surface area contributed by atoms with Gasteiger partial charge in [-0.2, -0.15) is 0 Å². The standard InChI is InChI=1S/C11H20N2O/c1-7(14)5-8-9(6-12-2)11-4-3-10(8)13-11/h8-13H,3-6H2,1-2H3. The number of ketones is 1. The van der Waals surface area contributed by atoms with Crippen molar-refractivity contribution in [2.45, 2.75) is 38.3 Å². The third-order valence-electron chi connectivity index (χ3n) is 3.76. The summed E-state index contributed by atoms with van der Waals surface area (Å²) in [5, 5.41) is 6.87. The SMILES string of the molecule is CNCC1C2CCC(N2)C1CC(C)=O. The van der Waals surface area contributed by atoms with Gasteiger partial charge in [-0.05, 0) is 45.2 Å². The molecule has 4 atom stereocenters. The molecule has 3 heteroatoms. The van der Waals surface area contributed by atoms with E-state index in [0.717, 1.165) is 13.0 Å². The zero-order valence-electron chi connectivity index (χ0n) is 9.05. The topological polar surface area (TPSA) is 41.1 Å². The highest BCUT2D eigenvalue weighted by Crippen LogP contribution is 2.39. The summed E-state index contributed by atoms with van der Waals surface area (Å²) in [6.45, 7) is 2.76. The van der Waals surface area contributed by atoms with Crippen LogP contribution in [0.5, 0.6) is 0 Å². The van der Waals surface area contributed by atoms with Crippen LogP contribution < -0.4 is 10.6 Å². The molecular formula is C11H20N2O. The molecule has 0 aromatic rings. The summed E-state index contributed by atoms with van der Waals surface area (Å²) >= 11 is 0. The Kier molecular flexibility index (Phi) is 2.88. The normalized spacial score (nSPS) is 40.4. The number of carbonyl (C=O) groups excluding carboxylic acids is 1. The largest absolute Gasteiger partial charge is 0.319 e. The smallest absolute Gasteiger partial charge is 0.130 e. The molecule has 0 radical (unpaired) electrons. The molecule has 80 valence electrons. The molecule has 2 heterocycles. The van der Waals surface area contributed by atoms with Gasteiger partial charge in [0.2, 0.25) is 0 Å². The highest BCUT2D eigenvalue weighted by molar-refractivity contribution is 5.76. The second-order valence-electron chi connectivity index (χ2n) is 4.75. The number of hydrogen-bond acceptors (Lipinski definition) is 3. The molecule has 2 N–H and O–H groups in total. The number of carbonyl (C=O) groups is 1. The summed E-state index contributed by atoms with van der Waals surface area (Å²) in [6, 6.07) is 1.28. The van der Waals surface area contributed by atoms with Crippen LogP contribution in [-0.4, -0.2) is 31.5 Å². The van der Waals surface area contributed by atoms with E-state index in [1.54, 1.807) is 6.92 Å². The molecule has 2 fully saturated rings. The van der Waals surface area contributed by atoms with E-state index in [9.17, 15) is 4.79 Å². The van der Waals surface area contributed by atoms with Crippen molar-refractivity contribution in [1.29, 1.82) is 0 Å². The van der Waals surface area contributed by atoms with Crippen molar-refractivity contribution in [2.24, 2.45) is 11.8 Å². The fraction of sp³-hybridized carbons (Fsp3) is 0.909. The van der Waals surface area contributed by atoms with Gasteiger partial charge in [0.25, 0.3) is 0 Å². The molecule has 0 aliphatic carbocycles. The lowest BCUT2D eigenvalue weighted by atomic mass is 9.77. The van der Waals surface area contributed by atoms with Crippen LogP contribution in [0, 0.1) is 11.8 Å². The molecule has 0 spiro atoms. The summed E-state index contributed by atoms with van der Waals surface area (Å²) in [6.07, 6.45) is 3.33. The molecule has 0 aromatic heterocycles. The van der Waals surface area contributed by atoms with Gasteiger partial charge < -0.3 is 15.4 Å². The minimum Gasteiger partial charge on any atom is -0.319 e. The van der Waals surface area contributed by atoms with Crippen molar-refractivity contribution in [3.63, 3.8) is 0 Å². The van der Waals surface area contributed by atoms with Crippen molar-refractivity contribution in [3.8, 4) is 0 Å². The fourth-order valence-corrected chi connectivity index (χ4v) is 3.23. The summed E-state index contributed by atoms with van der Waals surface area (Å²) < 4.78 is 0. The number of nitrogens with one attached hydrogen (secondary N) is 2. The van der Waals surface area contributed by atoms with Crippen molar-refractivity contribution in [3.05, 3.63) is 0 Å². The number of hydrogen-bond donors (Lipinski definition) is 2. The molecule has 2 saturated heterocycles. The third-order valence-corrected chi connectivity index (χ3v) is 3.76. The van der Waals surface area contributed by atoms with Crippen LogP contribution in [0.2, 0.25) is 0 Å². The number of rotatable bonds is 4. The Labute approximate surface area is 85.6 Å². The monoisotopic (exact) mass is 196 g/mol. The lowest BCUT2D eigenvalue weighted by molar-refractivity contribution is -0.118. The zero-order chi connectivity index (χ0) is 10.1. The van der Waals surface area contributed by atoms with E-state index in [0.29, 0.717) is 29.7 Å². The summed E-state index contributed by atoms with van der Waals surface area (Å²) in [4.78, 5) is 11.2. The second-order valence-corrected chi connectivity index (χ2v) is 4.75. The van der Waals surface area contributed by atoms with E-state index in [2.05, 4.69) is 10.6 Å². The Morgan fingerprint density at radius 2 is 2.00 bits per heavy atom. The Bertz CT molecular complexity index is 229. The van der Waals surface area contributed by atoms with Crippen molar-refractivity contribution < 1.29 is 4.79 Å². The Hall–Kier alpha value is -0.410. The molecule has 2 aliphatic heterocycles. The van der Waals surface area contributed by atoms with Gasteiger partial charge in [0, 0.05) is 18.5 Å². The zero-order valence-corrected chi connectivity index (χ0v) is 9.05. The number of fused-ring (bicyclic) bond motifs is 2. The van der Waals surface area contributed by atoms with E-state index in [-0.39, 0.29) is 0 Å². The van der Waals surface area contributed by atoms with Gasteiger partial charge in [-0.1, -0.05) is 0 Å². The lowest BCUT2D eigenvalue weighted by Crippen LogP contribution is -2.35. The third kappa shape index (κ3) is 1.71. The lowest BCUT2D eigenvalue weighted by Gasteiger charge is -2.28. The van der Waals surface area contributed by atoms with E-state index in [1.165, 1.54) is 12.8 Å². The average Bonchev–Trinajstić information content (AvgIpc) is 2.68. The van der Waals surface area contributed by atoms with Gasteiger partial charge >= 0.3 is 0 Å². The minimum absolute atomic E-state index is 0.338. The molecule has 0 saturated carbocycles. The predicted octanol–water partition coefficient (Wildman–Crippen LogP) is 0.551. The van der Waals surface area contributed by atoms with E-state index in [1.807, 2.05) is 7.05 Å². The van der Waals surface area contributed by atoms with Gasteiger partial charge in [0.15, 0.2) is 0 Å². The van der Waals surface area contributed by atoms with E-state index >= 15 is 0 Å². The maximum atomic E-state index is 11.2. The van der Waals surface area contributed by atoms with Crippen molar-refractivity contribution in [2.75, 3.05) is 13.6 Å². The molecule has 14 heavy (non-hydrogen) atoms. The van der Waals surface area contributed by atoms with Crippen molar-refractivity contribution in [1.82, 2.24) is 10.6 Å². The highest BCUT2D eigenvalue weighted by atomic mass is 16.1. The molecule has 2 bridgehead atoms. The predicted molar refractivity (Wildman–Crippen MR) is 56.2 cm³/mol. The molecule has 2 aliphatic rings. The van der Waals surface area contributed by atoms with Gasteiger partial charge in [-0.3, -0.25) is 0 Å². The van der Waals surface area contributed by atoms with Gasteiger partial charge in [0.1, 0.15) is 5.78 Å². The summed E-state index contributed by atoms with van der Waals surface area (Å²) in [7, 11) is 2.00. The van der Waals surface area contributed by atoms with Crippen LogP contribution in [0.1, 0.15) is 26.2 Å². The first-order chi connectivity index (χ1) is 6.72. The van der Waals surface area contributed by atoms with Crippen LogP contribution in [0.25, 0.3) is 0 Å². The van der Waals surface area contributed by atoms with E-state index in [4.69, 9.17) is 0 Å². The molecule has 0 aromatic carbocycles. The quantitative estimate of drug-likeness (QED) is 0.690.